The molecule has 28 heavy (non-hydrogen) atoms. The number of piperidine rings is 1. The zero-order chi connectivity index (χ0) is 18.9. The minimum Gasteiger partial charge on any atom is -0.381 e. The molecule has 0 amide bonds. The van der Waals surface area contributed by atoms with Crippen LogP contribution in [0.5, 0.6) is 0 Å². The maximum Gasteiger partial charge on any atom is 0.214 e. The summed E-state index contributed by atoms with van der Waals surface area (Å²) in [4.78, 5) is 8.00. The Morgan fingerprint density at radius 1 is 1.04 bits per heavy atom. The number of nitrogens with zero attached hydrogens (tertiary/aromatic N) is 4. The normalized spacial score (nSPS) is 19.5. The van der Waals surface area contributed by atoms with Gasteiger partial charge in [0.15, 0.2) is 0 Å². The van der Waals surface area contributed by atoms with Crippen LogP contribution in [0.4, 0.5) is 5.13 Å². The van der Waals surface area contributed by atoms with Crippen LogP contribution < -0.4 is 4.90 Å². The average Bonchev–Trinajstić information content (AvgIpc) is 3.29. The minimum absolute atomic E-state index is 0.361. The van der Waals surface area contributed by atoms with Crippen molar-refractivity contribution in [1.82, 2.24) is 14.6 Å². The molecule has 0 spiro atoms. The molecule has 0 bridgehead atoms. The minimum atomic E-state index is 0.361. The third-order valence-electron chi connectivity index (χ3n) is 5.44. The lowest BCUT2D eigenvalue weighted by Gasteiger charge is -2.34. The summed E-state index contributed by atoms with van der Waals surface area (Å²) < 4.78 is 13.6. The molecule has 148 valence electrons. The van der Waals surface area contributed by atoms with Crippen molar-refractivity contribution < 1.29 is 9.47 Å². The monoisotopic (exact) mass is 418 g/mol. The van der Waals surface area contributed by atoms with Gasteiger partial charge >= 0.3 is 0 Å². The third-order valence-corrected chi connectivity index (χ3v) is 6.67. The van der Waals surface area contributed by atoms with Gasteiger partial charge in [-0.15, -0.1) is 5.10 Å². The van der Waals surface area contributed by atoms with E-state index in [4.69, 9.17) is 31.2 Å². The van der Waals surface area contributed by atoms with Gasteiger partial charge in [-0.05, 0) is 37.8 Å². The molecular weight excluding hydrogens is 396 g/mol. The number of anilines is 1. The fourth-order valence-corrected chi connectivity index (χ4v) is 4.91. The molecule has 0 saturated carbocycles. The molecule has 6 nitrogen and oxygen atoms in total. The predicted molar refractivity (Wildman–Crippen MR) is 111 cm³/mol. The van der Waals surface area contributed by atoms with E-state index in [1.807, 2.05) is 35.0 Å². The van der Waals surface area contributed by atoms with Gasteiger partial charge < -0.3 is 14.4 Å². The van der Waals surface area contributed by atoms with Gasteiger partial charge in [-0.3, -0.25) is 0 Å². The first kappa shape index (κ1) is 18.4. The Morgan fingerprint density at radius 3 is 2.46 bits per heavy atom. The van der Waals surface area contributed by atoms with Gasteiger partial charge in [-0.2, -0.15) is 0 Å². The van der Waals surface area contributed by atoms with E-state index in [0.717, 1.165) is 78.4 Å². The molecule has 0 atom stereocenters. The van der Waals surface area contributed by atoms with E-state index in [1.165, 1.54) is 0 Å². The van der Waals surface area contributed by atoms with Crippen LogP contribution in [0.3, 0.4) is 0 Å². The second-order valence-electron chi connectivity index (χ2n) is 7.38. The summed E-state index contributed by atoms with van der Waals surface area (Å²) >= 11 is 7.61. The summed E-state index contributed by atoms with van der Waals surface area (Å²) in [6.07, 6.45) is 6.88. The van der Waals surface area contributed by atoms with Gasteiger partial charge in [0.05, 0.1) is 24.1 Å². The van der Waals surface area contributed by atoms with Crippen molar-refractivity contribution in [1.29, 1.82) is 0 Å². The molecule has 2 aliphatic rings. The zero-order valence-electron chi connectivity index (χ0n) is 15.6. The summed E-state index contributed by atoms with van der Waals surface area (Å²) in [6, 6.07) is 7.74. The van der Waals surface area contributed by atoms with Crippen LogP contribution in [0.2, 0.25) is 5.02 Å². The Labute approximate surface area is 173 Å². The van der Waals surface area contributed by atoms with Crippen LogP contribution >= 0.6 is 22.9 Å². The van der Waals surface area contributed by atoms with E-state index >= 15 is 0 Å². The van der Waals surface area contributed by atoms with E-state index < -0.39 is 0 Å². The Kier molecular flexibility index (Phi) is 5.24. The van der Waals surface area contributed by atoms with Crippen molar-refractivity contribution >= 4 is 33.0 Å². The lowest BCUT2D eigenvalue weighted by atomic mass is 10.1. The lowest BCUT2D eigenvalue weighted by Crippen LogP contribution is -2.39. The molecule has 0 radical (unpaired) electrons. The van der Waals surface area contributed by atoms with E-state index in [2.05, 4.69) is 4.90 Å². The molecule has 5 rings (SSSR count). The molecule has 4 heterocycles. The highest BCUT2D eigenvalue weighted by Gasteiger charge is 2.26. The van der Waals surface area contributed by atoms with Crippen molar-refractivity contribution in [3.8, 4) is 11.3 Å². The highest BCUT2D eigenvalue weighted by atomic mass is 35.5. The molecular formula is C20H23ClN4O2S. The number of aromatic nitrogens is 3. The number of fused-ring (bicyclic) bond motifs is 1. The fourth-order valence-electron chi connectivity index (χ4n) is 3.84. The molecule has 8 heteroatoms. The molecule has 0 unspecified atom stereocenters. The number of hydrogen-bond donors (Lipinski definition) is 0. The molecule has 2 fully saturated rings. The van der Waals surface area contributed by atoms with Gasteiger partial charge in [-0.25, -0.2) is 9.50 Å². The van der Waals surface area contributed by atoms with Crippen molar-refractivity contribution in [3.05, 3.63) is 35.5 Å². The van der Waals surface area contributed by atoms with Crippen LogP contribution in [0, 0.1) is 0 Å². The molecule has 3 aromatic rings. The maximum atomic E-state index is 6.28. The Morgan fingerprint density at radius 2 is 1.75 bits per heavy atom. The smallest absolute Gasteiger partial charge is 0.214 e. The van der Waals surface area contributed by atoms with E-state index in [1.54, 1.807) is 11.3 Å². The predicted octanol–water partition coefficient (Wildman–Crippen LogP) is 4.28. The first-order valence-corrected chi connectivity index (χ1v) is 11.0. The fraction of sp³-hybridized carbons (Fsp3) is 0.500. The summed E-state index contributed by atoms with van der Waals surface area (Å²) in [5.74, 6) is 0. The van der Waals surface area contributed by atoms with Gasteiger partial charge in [0, 0.05) is 36.9 Å². The number of ether oxygens (including phenoxy) is 2. The Balaban J connectivity index is 1.22. The van der Waals surface area contributed by atoms with Gasteiger partial charge in [-0.1, -0.05) is 35.1 Å². The van der Waals surface area contributed by atoms with E-state index in [-0.39, 0.29) is 0 Å². The summed E-state index contributed by atoms with van der Waals surface area (Å²) in [5.41, 5.74) is 1.97. The number of hydrogen-bond acceptors (Lipinski definition) is 6. The second-order valence-corrected chi connectivity index (χ2v) is 8.75. The number of imidazole rings is 1. The topological polar surface area (TPSA) is 51.9 Å². The van der Waals surface area contributed by atoms with Crippen LogP contribution in [0.1, 0.15) is 25.7 Å². The standard InChI is InChI=1S/C20H23ClN4O2S/c21-15-3-1-14(2-4-15)18-13-25-19(22-18)28-20(23-25)24-9-5-16(6-10-24)27-17-7-11-26-12-8-17/h1-4,13,16-17H,5-12H2. The molecule has 2 aliphatic heterocycles. The molecule has 0 N–H and O–H groups in total. The van der Waals surface area contributed by atoms with E-state index in [0.29, 0.717) is 12.2 Å². The highest BCUT2D eigenvalue weighted by molar-refractivity contribution is 7.20. The van der Waals surface area contributed by atoms with Crippen molar-refractivity contribution in [2.24, 2.45) is 0 Å². The molecule has 0 aliphatic carbocycles. The van der Waals surface area contributed by atoms with Crippen LogP contribution in [0.15, 0.2) is 30.5 Å². The summed E-state index contributed by atoms with van der Waals surface area (Å²) in [5, 5.41) is 6.52. The molecule has 2 aromatic heterocycles. The Hall–Kier alpha value is -1.67. The van der Waals surface area contributed by atoms with Crippen molar-refractivity contribution in [2.75, 3.05) is 31.2 Å². The Bertz CT molecular complexity index is 896. The maximum absolute atomic E-state index is 6.28. The van der Waals surface area contributed by atoms with Gasteiger partial charge in [0.2, 0.25) is 10.1 Å². The highest BCUT2D eigenvalue weighted by Crippen LogP contribution is 2.30. The van der Waals surface area contributed by atoms with Crippen molar-refractivity contribution in [2.45, 2.75) is 37.9 Å². The summed E-state index contributed by atoms with van der Waals surface area (Å²) in [6.45, 7) is 3.63. The SMILES string of the molecule is Clc1ccc(-c2cn3nc(N4CCC(OC5CCOCC5)CC4)sc3n2)cc1. The largest absolute Gasteiger partial charge is 0.381 e. The second kappa shape index (κ2) is 7.99. The number of rotatable bonds is 4. The third kappa shape index (κ3) is 3.89. The number of benzene rings is 1. The van der Waals surface area contributed by atoms with E-state index in [9.17, 15) is 0 Å². The first-order valence-electron chi connectivity index (χ1n) is 9.85. The first-order chi connectivity index (χ1) is 13.7. The average molecular weight is 419 g/mol. The lowest BCUT2D eigenvalue weighted by molar-refractivity contribution is -0.0743. The van der Waals surface area contributed by atoms with Crippen LogP contribution in [-0.2, 0) is 9.47 Å². The molecule has 1 aromatic carbocycles. The van der Waals surface area contributed by atoms with Crippen molar-refractivity contribution in [3.63, 3.8) is 0 Å². The quantitative estimate of drug-likeness (QED) is 0.633. The number of halogens is 1. The van der Waals surface area contributed by atoms with Crippen LogP contribution in [-0.4, -0.2) is 53.1 Å². The summed E-state index contributed by atoms with van der Waals surface area (Å²) in [7, 11) is 0. The van der Waals surface area contributed by atoms with Gasteiger partial charge in [0.1, 0.15) is 0 Å². The van der Waals surface area contributed by atoms with Crippen LogP contribution in [0.25, 0.3) is 16.2 Å². The zero-order valence-corrected chi connectivity index (χ0v) is 17.2. The molecule has 2 saturated heterocycles. The van der Waals surface area contributed by atoms with Gasteiger partial charge in [0.25, 0.3) is 0 Å².